The van der Waals surface area contributed by atoms with Crippen LogP contribution in [0.4, 0.5) is 0 Å². The molecule has 0 bridgehead atoms. The average molecular weight is 228 g/mol. The summed E-state index contributed by atoms with van der Waals surface area (Å²) in [5.74, 6) is 0.422. The summed E-state index contributed by atoms with van der Waals surface area (Å²) >= 11 is 5.86. The van der Waals surface area contributed by atoms with Crippen LogP contribution in [0, 0.1) is 0 Å². The molecule has 1 aromatic rings. The minimum Gasteiger partial charge on any atom is -0.480 e. The molecule has 1 rings (SSSR count). The first-order chi connectivity index (χ1) is 7.19. The monoisotopic (exact) mass is 227 g/mol. The molecule has 1 N–H and O–H groups in total. The van der Waals surface area contributed by atoms with Crippen LogP contribution >= 0.6 is 11.6 Å². The van der Waals surface area contributed by atoms with Crippen molar-refractivity contribution in [3.05, 3.63) is 28.9 Å². The molecule has 82 valence electrons. The first-order valence-corrected chi connectivity index (χ1v) is 5.05. The molecule has 0 spiro atoms. The Hall–Kier alpha value is -1.06. The van der Waals surface area contributed by atoms with Gasteiger partial charge in [-0.15, -0.1) is 0 Å². The van der Waals surface area contributed by atoms with Gasteiger partial charge in [-0.2, -0.15) is 0 Å². The standard InChI is InChI=1S/C11H14ClNO2/c1-8(4-3-7-14)10-6-5-9(12)11(13-10)15-2/h4-6,14H,3,7H2,1-2H3/b8-4+. The number of aliphatic hydroxyl groups is 1. The van der Waals surface area contributed by atoms with Gasteiger partial charge in [0.1, 0.15) is 5.02 Å². The Bertz CT molecular complexity index is 364. The quantitative estimate of drug-likeness (QED) is 0.860. The van der Waals surface area contributed by atoms with E-state index in [0.29, 0.717) is 17.3 Å². The number of aromatic nitrogens is 1. The lowest BCUT2D eigenvalue weighted by molar-refractivity contribution is 0.303. The smallest absolute Gasteiger partial charge is 0.232 e. The molecule has 3 nitrogen and oxygen atoms in total. The normalized spacial score (nSPS) is 11.6. The van der Waals surface area contributed by atoms with Crippen LogP contribution in [-0.4, -0.2) is 23.8 Å². The molecule has 4 heteroatoms. The minimum absolute atomic E-state index is 0.141. The topological polar surface area (TPSA) is 42.4 Å². The van der Waals surface area contributed by atoms with Crippen molar-refractivity contribution in [2.24, 2.45) is 0 Å². The highest BCUT2D eigenvalue weighted by atomic mass is 35.5. The maximum Gasteiger partial charge on any atom is 0.232 e. The Morgan fingerprint density at radius 3 is 2.93 bits per heavy atom. The van der Waals surface area contributed by atoms with E-state index in [0.717, 1.165) is 11.3 Å². The highest BCUT2D eigenvalue weighted by Gasteiger charge is 2.04. The number of rotatable bonds is 4. The van der Waals surface area contributed by atoms with E-state index < -0.39 is 0 Å². The van der Waals surface area contributed by atoms with Gasteiger partial charge < -0.3 is 9.84 Å². The second kappa shape index (κ2) is 5.73. The zero-order chi connectivity index (χ0) is 11.3. The highest BCUT2D eigenvalue weighted by Crippen LogP contribution is 2.24. The maximum absolute atomic E-state index is 8.70. The third-order valence-electron chi connectivity index (χ3n) is 1.99. The minimum atomic E-state index is 0.141. The molecule has 0 radical (unpaired) electrons. The maximum atomic E-state index is 8.70. The molecule has 0 unspecified atom stereocenters. The fourth-order valence-corrected chi connectivity index (χ4v) is 1.35. The lowest BCUT2D eigenvalue weighted by Gasteiger charge is -2.05. The van der Waals surface area contributed by atoms with Gasteiger partial charge in [0.05, 0.1) is 12.8 Å². The van der Waals surface area contributed by atoms with Gasteiger partial charge in [-0.3, -0.25) is 0 Å². The Labute approximate surface area is 94.4 Å². The van der Waals surface area contributed by atoms with Crippen molar-refractivity contribution >= 4 is 17.2 Å². The van der Waals surface area contributed by atoms with Gasteiger partial charge >= 0.3 is 0 Å². The summed E-state index contributed by atoms with van der Waals surface area (Å²) in [4.78, 5) is 4.24. The van der Waals surface area contributed by atoms with Gasteiger partial charge in [0.25, 0.3) is 0 Å². The van der Waals surface area contributed by atoms with Crippen molar-refractivity contribution in [1.29, 1.82) is 0 Å². The van der Waals surface area contributed by atoms with Gasteiger partial charge in [-0.1, -0.05) is 17.7 Å². The lowest BCUT2D eigenvalue weighted by atomic mass is 10.1. The largest absolute Gasteiger partial charge is 0.480 e. The lowest BCUT2D eigenvalue weighted by Crippen LogP contribution is -1.93. The number of nitrogens with zero attached hydrogens (tertiary/aromatic N) is 1. The molecule has 0 atom stereocenters. The van der Waals surface area contributed by atoms with Crippen molar-refractivity contribution in [2.45, 2.75) is 13.3 Å². The molecule has 0 aliphatic heterocycles. The highest BCUT2D eigenvalue weighted by molar-refractivity contribution is 6.31. The molecule has 0 fully saturated rings. The molecule has 0 saturated carbocycles. The van der Waals surface area contributed by atoms with Crippen LogP contribution in [0.3, 0.4) is 0 Å². The zero-order valence-electron chi connectivity index (χ0n) is 8.83. The van der Waals surface area contributed by atoms with Crippen LogP contribution in [0.5, 0.6) is 5.88 Å². The number of allylic oxidation sites excluding steroid dienone is 1. The van der Waals surface area contributed by atoms with Crippen LogP contribution in [0.1, 0.15) is 19.0 Å². The van der Waals surface area contributed by atoms with Crippen LogP contribution in [-0.2, 0) is 0 Å². The Kier molecular flexibility index (Phi) is 4.59. The van der Waals surface area contributed by atoms with E-state index in [1.165, 1.54) is 7.11 Å². The molecule has 0 saturated heterocycles. The molecule has 0 aromatic carbocycles. The molecule has 1 heterocycles. The van der Waals surface area contributed by atoms with E-state index in [9.17, 15) is 0 Å². The summed E-state index contributed by atoms with van der Waals surface area (Å²) < 4.78 is 5.02. The molecule has 0 amide bonds. The van der Waals surface area contributed by atoms with Crippen LogP contribution in [0.25, 0.3) is 5.57 Å². The number of hydrogen-bond acceptors (Lipinski definition) is 3. The van der Waals surface area contributed by atoms with E-state index in [2.05, 4.69) is 4.98 Å². The fourth-order valence-electron chi connectivity index (χ4n) is 1.17. The number of ether oxygens (including phenoxy) is 1. The summed E-state index contributed by atoms with van der Waals surface area (Å²) in [5.41, 5.74) is 1.81. The molecular weight excluding hydrogens is 214 g/mol. The van der Waals surface area contributed by atoms with Crippen molar-refractivity contribution in [1.82, 2.24) is 4.98 Å². The molecule has 0 aliphatic carbocycles. The van der Waals surface area contributed by atoms with Crippen molar-refractivity contribution < 1.29 is 9.84 Å². The van der Waals surface area contributed by atoms with E-state index in [-0.39, 0.29) is 6.61 Å². The summed E-state index contributed by atoms with van der Waals surface area (Å²) in [6, 6.07) is 3.58. The van der Waals surface area contributed by atoms with Crippen molar-refractivity contribution in [3.63, 3.8) is 0 Å². The average Bonchev–Trinajstić information content (AvgIpc) is 2.26. The third-order valence-corrected chi connectivity index (χ3v) is 2.28. The van der Waals surface area contributed by atoms with Gasteiger partial charge in [-0.25, -0.2) is 4.98 Å². The number of hydrogen-bond donors (Lipinski definition) is 1. The predicted molar refractivity (Wildman–Crippen MR) is 61.2 cm³/mol. The second-order valence-corrected chi connectivity index (χ2v) is 3.49. The number of aliphatic hydroxyl groups excluding tert-OH is 1. The molecule has 15 heavy (non-hydrogen) atoms. The predicted octanol–water partition coefficient (Wildman–Crippen LogP) is 2.53. The number of halogens is 1. The van der Waals surface area contributed by atoms with Crippen LogP contribution < -0.4 is 4.74 Å². The fraction of sp³-hybridized carbons (Fsp3) is 0.364. The van der Waals surface area contributed by atoms with Crippen LogP contribution in [0.15, 0.2) is 18.2 Å². The first kappa shape index (κ1) is 12.0. The van der Waals surface area contributed by atoms with Gasteiger partial charge in [0.15, 0.2) is 0 Å². The van der Waals surface area contributed by atoms with Gasteiger partial charge in [0, 0.05) is 6.61 Å². The van der Waals surface area contributed by atoms with Crippen molar-refractivity contribution in [2.75, 3.05) is 13.7 Å². The number of pyridine rings is 1. The van der Waals surface area contributed by atoms with Crippen molar-refractivity contribution in [3.8, 4) is 5.88 Å². The second-order valence-electron chi connectivity index (χ2n) is 3.09. The van der Waals surface area contributed by atoms with E-state index in [4.69, 9.17) is 21.4 Å². The Morgan fingerprint density at radius 2 is 2.33 bits per heavy atom. The Balaban J connectivity index is 2.95. The van der Waals surface area contributed by atoms with E-state index in [1.54, 1.807) is 6.07 Å². The van der Waals surface area contributed by atoms with Gasteiger partial charge in [-0.05, 0) is 31.1 Å². The molecular formula is C11H14ClNO2. The van der Waals surface area contributed by atoms with Gasteiger partial charge in [0.2, 0.25) is 5.88 Å². The first-order valence-electron chi connectivity index (χ1n) is 4.67. The Morgan fingerprint density at radius 1 is 1.60 bits per heavy atom. The number of methoxy groups -OCH3 is 1. The SMILES string of the molecule is COc1nc(/C(C)=C/CCO)ccc1Cl. The third kappa shape index (κ3) is 3.22. The summed E-state index contributed by atoms with van der Waals surface area (Å²) in [6.07, 6.45) is 2.55. The molecule has 0 aliphatic rings. The summed E-state index contributed by atoms with van der Waals surface area (Å²) in [7, 11) is 1.53. The van der Waals surface area contributed by atoms with E-state index >= 15 is 0 Å². The summed E-state index contributed by atoms with van der Waals surface area (Å²) in [5, 5.41) is 9.19. The zero-order valence-corrected chi connectivity index (χ0v) is 9.58. The molecule has 1 aromatic heterocycles. The summed E-state index contributed by atoms with van der Waals surface area (Å²) in [6.45, 7) is 2.08. The van der Waals surface area contributed by atoms with Crippen LogP contribution in [0.2, 0.25) is 5.02 Å². The van der Waals surface area contributed by atoms with E-state index in [1.807, 2.05) is 19.1 Å².